The van der Waals surface area contributed by atoms with Gasteiger partial charge in [-0.1, -0.05) is 49.3 Å². The zero-order valence-corrected chi connectivity index (χ0v) is 20.4. The molecule has 0 atom stereocenters. The number of thioether (sulfide) groups is 1. The second kappa shape index (κ2) is 10.1. The fraction of sp³-hybridized carbons (Fsp3) is 0.375. The third-order valence-corrected chi connectivity index (χ3v) is 7.58. The van der Waals surface area contributed by atoms with Gasteiger partial charge in [-0.15, -0.1) is 0 Å². The van der Waals surface area contributed by atoms with Crippen molar-refractivity contribution in [2.75, 3.05) is 11.9 Å². The Bertz CT molecular complexity index is 1290. The maximum absolute atomic E-state index is 13.4. The van der Waals surface area contributed by atoms with Crippen molar-refractivity contribution in [2.24, 2.45) is 0 Å². The number of nitrogens with zero attached hydrogens (tertiary/aromatic N) is 5. The van der Waals surface area contributed by atoms with Crippen LogP contribution in [0, 0.1) is 0 Å². The molecular weight excluding hydrogens is 468 g/mol. The Balaban J connectivity index is 1.44. The number of anilines is 1. The van der Waals surface area contributed by atoms with Gasteiger partial charge in [0.05, 0.1) is 16.8 Å². The first-order valence-electron chi connectivity index (χ1n) is 11.6. The van der Waals surface area contributed by atoms with E-state index >= 15 is 0 Å². The number of aromatic nitrogens is 4. The van der Waals surface area contributed by atoms with Crippen LogP contribution in [0.2, 0.25) is 0 Å². The van der Waals surface area contributed by atoms with Crippen molar-refractivity contribution < 1.29 is 4.79 Å². The van der Waals surface area contributed by atoms with Crippen LogP contribution in [0.25, 0.3) is 11.7 Å². The number of amides is 1. The van der Waals surface area contributed by atoms with Crippen molar-refractivity contribution in [2.45, 2.75) is 51.1 Å². The van der Waals surface area contributed by atoms with E-state index in [0.717, 1.165) is 38.6 Å². The van der Waals surface area contributed by atoms with Gasteiger partial charge in [0.25, 0.3) is 11.5 Å². The molecule has 5 rings (SSSR count). The van der Waals surface area contributed by atoms with Crippen molar-refractivity contribution >= 4 is 51.7 Å². The summed E-state index contributed by atoms with van der Waals surface area (Å²) in [4.78, 5) is 37.7. The average molecular weight is 495 g/mol. The number of nitrogens with one attached hydrogen (secondary N) is 1. The maximum atomic E-state index is 13.4. The number of pyridine rings is 1. The lowest BCUT2D eigenvalue weighted by Crippen LogP contribution is -2.39. The number of carbonyl (C=O) groups is 1. The lowest BCUT2D eigenvalue weighted by molar-refractivity contribution is -0.124. The second-order valence-electron chi connectivity index (χ2n) is 8.53. The number of fused-ring (bicyclic) bond motifs is 1. The summed E-state index contributed by atoms with van der Waals surface area (Å²) >= 11 is 6.84. The lowest BCUT2D eigenvalue weighted by Gasteiger charge is -2.29. The van der Waals surface area contributed by atoms with E-state index in [4.69, 9.17) is 12.2 Å². The van der Waals surface area contributed by atoms with Gasteiger partial charge >= 0.3 is 0 Å². The normalized spacial score (nSPS) is 18.4. The largest absolute Gasteiger partial charge is 0.369 e. The van der Waals surface area contributed by atoms with E-state index in [1.165, 1.54) is 22.6 Å². The quantitative estimate of drug-likeness (QED) is 0.303. The Hall–Kier alpha value is -2.98. The smallest absolute Gasteiger partial charge is 0.267 e. The Morgan fingerprint density at radius 1 is 1.18 bits per heavy atom. The fourth-order valence-electron chi connectivity index (χ4n) is 4.52. The van der Waals surface area contributed by atoms with Gasteiger partial charge in [-0.3, -0.25) is 18.9 Å². The molecule has 1 saturated heterocycles. The fourth-order valence-corrected chi connectivity index (χ4v) is 5.90. The van der Waals surface area contributed by atoms with Crippen molar-refractivity contribution in [3.8, 4) is 0 Å². The van der Waals surface area contributed by atoms with Gasteiger partial charge in [0, 0.05) is 37.7 Å². The molecule has 34 heavy (non-hydrogen) atoms. The van der Waals surface area contributed by atoms with Gasteiger partial charge in [0.1, 0.15) is 15.8 Å². The number of carbonyl (C=O) groups excluding carboxylic acids is 1. The van der Waals surface area contributed by atoms with Gasteiger partial charge in [-0.2, -0.15) is 0 Å². The van der Waals surface area contributed by atoms with Crippen LogP contribution in [0.4, 0.5) is 5.82 Å². The van der Waals surface area contributed by atoms with Gasteiger partial charge in [0.15, 0.2) is 0 Å². The molecule has 1 N–H and O–H groups in total. The molecule has 1 aliphatic carbocycles. The van der Waals surface area contributed by atoms with Crippen molar-refractivity contribution in [3.05, 3.63) is 63.9 Å². The summed E-state index contributed by atoms with van der Waals surface area (Å²) in [6, 6.07) is 5.59. The van der Waals surface area contributed by atoms with E-state index in [9.17, 15) is 9.59 Å². The third kappa shape index (κ3) is 4.65. The maximum Gasteiger partial charge on any atom is 0.267 e. The van der Waals surface area contributed by atoms with Crippen molar-refractivity contribution in [1.82, 2.24) is 23.8 Å². The van der Waals surface area contributed by atoms with Crippen LogP contribution in [0.15, 0.2) is 52.8 Å². The van der Waals surface area contributed by atoms with Crippen LogP contribution in [0.5, 0.6) is 0 Å². The minimum absolute atomic E-state index is 0.106. The second-order valence-corrected chi connectivity index (χ2v) is 10.2. The number of rotatable bonds is 7. The molecule has 1 aliphatic heterocycles. The molecular formula is C24H26N6O2S2. The molecule has 1 amide bonds. The lowest BCUT2D eigenvalue weighted by atomic mass is 9.94. The summed E-state index contributed by atoms with van der Waals surface area (Å²) < 4.78 is 4.08. The van der Waals surface area contributed by atoms with Crippen LogP contribution >= 0.6 is 24.0 Å². The molecule has 10 heteroatoms. The van der Waals surface area contributed by atoms with Gasteiger partial charge in [0.2, 0.25) is 0 Å². The van der Waals surface area contributed by atoms with Crippen LogP contribution < -0.4 is 10.9 Å². The summed E-state index contributed by atoms with van der Waals surface area (Å²) in [5.74, 6) is 0.371. The summed E-state index contributed by atoms with van der Waals surface area (Å²) in [5, 5.41) is 3.31. The Morgan fingerprint density at radius 2 is 2.03 bits per heavy atom. The van der Waals surface area contributed by atoms with E-state index in [-0.39, 0.29) is 17.5 Å². The first-order valence-corrected chi connectivity index (χ1v) is 12.8. The minimum atomic E-state index is -0.217. The zero-order valence-electron chi connectivity index (χ0n) is 18.7. The summed E-state index contributed by atoms with van der Waals surface area (Å²) in [5.41, 5.74) is 0.706. The molecule has 2 aliphatic rings. The molecule has 2 fully saturated rings. The Kier molecular flexibility index (Phi) is 6.77. The molecule has 176 valence electrons. The van der Waals surface area contributed by atoms with Gasteiger partial charge in [-0.25, -0.2) is 9.97 Å². The van der Waals surface area contributed by atoms with Crippen LogP contribution in [0.3, 0.4) is 0 Å². The minimum Gasteiger partial charge on any atom is -0.369 e. The first-order chi connectivity index (χ1) is 16.6. The third-order valence-electron chi connectivity index (χ3n) is 6.25. The molecule has 0 radical (unpaired) electrons. The number of imidazole rings is 1. The molecule has 0 unspecified atom stereocenters. The average Bonchev–Trinajstić information content (AvgIpc) is 3.47. The van der Waals surface area contributed by atoms with E-state index in [0.29, 0.717) is 32.8 Å². The summed E-state index contributed by atoms with van der Waals surface area (Å²) in [7, 11) is 0. The molecule has 4 heterocycles. The highest BCUT2D eigenvalue weighted by molar-refractivity contribution is 8.26. The molecule has 0 spiro atoms. The predicted molar refractivity (Wildman–Crippen MR) is 139 cm³/mol. The van der Waals surface area contributed by atoms with Crippen molar-refractivity contribution in [1.29, 1.82) is 0 Å². The van der Waals surface area contributed by atoms with Gasteiger partial charge in [-0.05, 0) is 37.5 Å². The first kappa shape index (κ1) is 22.8. The predicted octanol–water partition coefficient (Wildman–Crippen LogP) is 3.93. The standard InChI is InChI=1S/C24H26N6O2S2/c31-22-18(15-19-23(32)30(24(33)34-19)17-7-2-1-3-8-17)21(27-20-9-4-5-13-29(20)22)26-10-6-12-28-14-11-25-16-28/h4-5,9,11,13-17,26H,1-3,6-8,10,12H2/b19-15+. The van der Waals surface area contributed by atoms with E-state index < -0.39 is 0 Å². The number of thiocarbonyl (C=S) groups is 1. The van der Waals surface area contributed by atoms with E-state index in [1.807, 2.05) is 16.8 Å². The number of hydrogen-bond acceptors (Lipinski definition) is 7. The highest BCUT2D eigenvalue weighted by atomic mass is 32.2. The highest BCUT2D eigenvalue weighted by Gasteiger charge is 2.37. The van der Waals surface area contributed by atoms with E-state index in [2.05, 4.69) is 15.3 Å². The molecule has 0 aromatic carbocycles. The summed E-state index contributed by atoms with van der Waals surface area (Å²) in [6.07, 6.45) is 15.0. The van der Waals surface area contributed by atoms with Crippen molar-refractivity contribution in [3.63, 3.8) is 0 Å². The molecule has 3 aromatic rings. The van der Waals surface area contributed by atoms with Crippen LogP contribution in [0.1, 0.15) is 44.1 Å². The Labute approximate surface area is 207 Å². The SMILES string of the molecule is O=C1/C(=C\c2c(NCCCn3ccnc3)nc3ccccn3c2=O)SC(=S)N1C1CCCCC1. The zero-order chi connectivity index (χ0) is 23.5. The molecule has 3 aromatic heterocycles. The number of aryl methyl sites for hydroxylation is 1. The topological polar surface area (TPSA) is 84.5 Å². The molecule has 1 saturated carbocycles. The van der Waals surface area contributed by atoms with Crippen LogP contribution in [-0.4, -0.2) is 46.6 Å². The highest BCUT2D eigenvalue weighted by Crippen LogP contribution is 2.37. The van der Waals surface area contributed by atoms with Crippen LogP contribution in [-0.2, 0) is 11.3 Å². The van der Waals surface area contributed by atoms with E-state index in [1.54, 1.807) is 41.8 Å². The Morgan fingerprint density at radius 3 is 2.82 bits per heavy atom. The number of hydrogen-bond donors (Lipinski definition) is 1. The monoisotopic (exact) mass is 494 g/mol. The summed E-state index contributed by atoms with van der Waals surface area (Å²) in [6.45, 7) is 1.42. The molecule has 0 bridgehead atoms. The molecule has 8 nitrogen and oxygen atoms in total. The van der Waals surface area contributed by atoms with Gasteiger partial charge < -0.3 is 9.88 Å².